The molecule has 0 N–H and O–H groups in total. The molecular formula is C17H28N4O3S. The van der Waals surface area contributed by atoms with Crippen LogP contribution in [0.25, 0.3) is 0 Å². The molecule has 7 nitrogen and oxygen atoms in total. The first-order chi connectivity index (χ1) is 12.1. The van der Waals surface area contributed by atoms with Gasteiger partial charge in [0.1, 0.15) is 0 Å². The van der Waals surface area contributed by atoms with Gasteiger partial charge in [-0.05, 0) is 43.1 Å². The Morgan fingerprint density at radius 2 is 2.08 bits per heavy atom. The second-order valence-electron chi connectivity index (χ2n) is 7.25. The molecule has 0 aromatic carbocycles. The van der Waals surface area contributed by atoms with Gasteiger partial charge in [0.15, 0.2) is 5.69 Å². The van der Waals surface area contributed by atoms with Gasteiger partial charge in [-0.3, -0.25) is 9.69 Å². The van der Waals surface area contributed by atoms with E-state index in [1.165, 1.54) is 11.5 Å². The number of aryl methyl sites for hydroxylation is 1. The van der Waals surface area contributed by atoms with Crippen LogP contribution in [0, 0.1) is 12.3 Å². The van der Waals surface area contributed by atoms with E-state index < -0.39 is 0 Å². The third kappa shape index (κ3) is 4.02. The van der Waals surface area contributed by atoms with Crippen molar-refractivity contribution in [3.05, 3.63) is 10.6 Å². The number of rotatable bonds is 6. The maximum Gasteiger partial charge on any atom is 0.275 e. The van der Waals surface area contributed by atoms with Crippen LogP contribution in [0.3, 0.4) is 0 Å². The Kier molecular flexibility index (Phi) is 6.04. The summed E-state index contributed by atoms with van der Waals surface area (Å²) in [6.45, 7) is 7.03. The minimum atomic E-state index is 0.0313. The number of amides is 1. The highest BCUT2D eigenvalue weighted by Crippen LogP contribution is 2.43. The summed E-state index contributed by atoms with van der Waals surface area (Å²) >= 11 is 1.29. The quantitative estimate of drug-likeness (QED) is 0.757. The van der Waals surface area contributed by atoms with E-state index in [0.717, 1.165) is 63.5 Å². The molecule has 1 atom stereocenters. The summed E-state index contributed by atoms with van der Waals surface area (Å²) < 4.78 is 14.6. The van der Waals surface area contributed by atoms with Crippen molar-refractivity contribution in [1.29, 1.82) is 0 Å². The minimum absolute atomic E-state index is 0.0313. The molecular weight excluding hydrogens is 340 g/mol. The number of methoxy groups -OCH3 is 2. The fraction of sp³-hybridized carbons (Fsp3) is 0.824. The molecule has 0 saturated carbocycles. The Morgan fingerprint density at radius 3 is 2.68 bits per heavy atom. The number of aromatic nitrogens is 2. The van der Waals surface area contributed by atoms with E-state index in [2.05, 4.69) is 14.5 Å². The van der Waals surface area contributed by atoms with E-state index in [-0.39, 0.29) is 5.91 Å². The van der Waals surface area contributed by atoms with Gasteiger partial charge in [-0.2, -0.15) is 0 Å². The summed E-state index contributed by atoms with van der Waals surface area (Å²) in [7, 11) is 3.52. The van der Waals surface area contributed by atoms with Crippen molar-refractivity contribution in [2.24, 2.45) is 5.41 Å². The molecule has 0 bridgehead atoms. The molecule has 0 radical (unpaired) electrons. The van der Waals surface area contributed by atoms with Crippen molar-refractivity contribution in [1.82, 2.24) is 19.4 Å². The largest absolute Gasteiger partial charge is 0.383 e. The second kappa shape index (κ2) is 8.07. The number of hydrogen-bond acceptors (Lipinski definition) is 7. The number of ether oxygens (including phenoxy) is 2. The first-order valence-electron chi connectivity index (χ1n) is 8.89. The lowest BCUT2D eigenvalue weighted by molar-refractivity contribution is 0.0576. The molecule has 0 aliphatic carbocycles. The molecule has 25 heavy (non-hydrogen) atoms. The standard InChI is InChI=1S/C17H28N4O3S/c1-13-15(18-19-25-13)16(22)20-6-4-17(5-7-20)10-14(11-24-3)21(12-17)8-9-23-2/h14H,4-12H2,1-3H3/t14-/m1/s1. The van der Waals surface area contributed by atoms with E-state index in [1.807, 2.05) is 11.8 Å². The molecule has 1 aromatic rings. The Labute approximate surface area is 153 Å². The number of likely N-dealkylation sites (tertiary alicyclic amines) is 2. The SMILES string of the molecule is COCCN1CC2(CCN(C(=O)c3nnsc3C)CC2)C[C@@H]1COC. The maximum absolute atomic E-state index is 12.6. The molecule has 1 amide bonds. The summed E-state index contributed by atoms with van der Waals surface area (Å²) in [6.07, 6.45) is 3.22. The molecule has 1 spiro atoms. The average molecular weight is 369 g/mol. The molecule has 2 fully saturated rings. The van der Waals surface area contributed by atoms with Crippen molar-refractivity contribution in [2.75, 3.05) is 53.6 Å². The number of piperidine rings is 1. The lowest BCUT2D eigenvalue weighted by Crippen LogP contribution is -2.44. The van der Waals surface area contributed by atoms with Crippen LogP contribution in [0.15, 0.2) is 0 Å². The predicted octanol–water partition coefficient (Wildman–Crippen LogP) is 1.44. The minimum Gasteiger partial charge on any atom is -0.383 e. The smallest absolute Gasteiger partial charge is 0.275 e. The molecule has 2 saturated heterocycles. The first kappa shape index (κ1) is 18.7. The van der Waals surface area contributed by atoms with E-state index in [0.29, 0.717) is 17.2 Å². The lowest BCUT2D eigenvalue weighted by atomic mass is 9.76. The third-order valence-corrected chi connectivity index (χ3v) is 6.26. The number of carbonyl (C=O) groups is 1. The molecule has 2 aliphatic heterocycles. The maximum atomic E-state index is 12.6. The van der Waals surface area contributed by atoms with Gasteiger partial charge in [0, 0.05) is 46.4 Å². The lowest BCUT2D eigenvalue weighted by Gasteiger charge is -2.39. The summed E-state index contributed by atoms with van der Waals surface area (Å²) in [4.78, 5) is 18.0. The van der Waals surface area contributed by atoms with Crippen LogP contribution in [-0.4, -0.2) is 84.9 Å². The van der Waals surface area contributed by atoms with Gasteiger partial charge < -0.3 is 14.4 Å². The van der Waals surface area contributed by atoms with Gasteiger partial charge in [-0.15, -0.1) is 5.10 Å². The van der Waals surface area contributed by atoms with Crippen LogP contribution in [0.1, 0.15) is 34.6 Å². The predicted molar refractivity (Wildman–Crippen MR) is 95.9 cm³/mol. The summed E-state index contributed by atoms with van der Waals surface area (Å²) in [5, 5.41) is 4.00. The molecule has 2 aliphatic rings. The van der Waals surface area contributed by atoms with Gasteiger partial charge in [-0.1, -0.05) is 4.49 Å². The van der Waals surface area contributed by atoms with Crippen molar-refractivity contribution < 1.29 is 14.3 Å². The Balaban J connectivity index is 1.60. The molecule has 1 aromatic heterocycles. The van der Waals surface area contributed by atoms with Crippen LogP contribution in [0.5, 0.6) is 0 Å². The zero-order valence-electron chi connectivity index (χ0n) is 15.4. The highest BCUT2D eigenvalue weighted by molar-refractivity contribution is 7.05. The van der Waals surface area contributed by atoms with Crippen LogP contribution in [0.2, 0.25) is 0 Å². The van der Waals surface area contributed by atoms with E-state index >= 15 is 0 Å². The average Bonchev–Trinajstić information content (AvgIpc) is 3.18. The first-order valence-corrected chi connectivity index (χ1v) is 9.66. The molecule has 3 rings (SSSR count). The molecule has 0 unspecified atom stereocenters. The number of hydrogen-bond donors (Lipinski definition) is 0. The highest BCUT2D eigenvalue weighted by Gasteiger charge is 2.46. The Bertz CT molecular complexity index is 586. The van der Waals surface area contributed by atoms with Crippen molar-refractivity contribution in [2.45, 2.75) is 32.2 Å². The summed E-state index contributed by atoms with van der Waals surface area (Å²) in [6, 6.07) is 0.451. The summed E-state index contributed by atoms with van der Waals surface area (Å²) in [5.41, 5.74) is 0.815. The van der Waals surface area contributed by atoms with E-state index in [1.54, 1.807) is 14.2 Å². The fourth-order valence-corrected chi connectivity index (χ4v) is 4.67. The van der Waals surface area contributed by atoms with Crippen LogP contribution in [-0.2, 0) is 9.47 Å². The highest BCUT2D eigenvalue weighted by atomic mass is 32.1. The van der Waals surface area contributed by atoms with Gasteiger partial charge in [0.2, 0.25) is 0 Å². The molecule has 140 valence electrons. The van der Waals surface area contributed by atoms with Crippen molar-refractivity contribution in [3.8, 4) is 0 Å². The molecule has 8 heteroatoms. The second-order valence-corrected chi connectivity index (χ2v) is 8.20. The summed E-state index contributed by atoms with van der Waals surface area (Å²) in [5.74, 6) is 0.0313. The van der Waals surface area contributed by atoms with Crippen LogP contribution >= 0.6 is 11.5 Å². The van der Waals surface area contributed by atoms with Gasteiger partial charge >= 0.3 is 0 Å². The number of nitrogens with zero attached hydrogens (tertiary/aromatic N) is 4. The van der Waals surface area contributed by atoms with E-state index in [9.17, 15) is 4.79 Å². The number of carbonyl (C=O) groups excluding carboxylic acids is 1. The Hall–Kier alpha value is -1.09. The zero-order chi connectivity index (χ0) is 17.9. The van der Waals surface area contributed by atoms with Crippen molar-refractivity contribution >= 4 is 17.4 Å². The van der Waals surface area contributed by atoms with Gasteiger partial charge in [0.05, 0.1) is 18.1 Å². The third-order valence-electron chi connectivity index (χ3n) is 5.63. The molecule has 3 heterocycles. The monoisotopic (exact) mass is 368 g/mol. The van der Waals surface area contributed by atoms with Crippen LogP contribution < -0.4 is 0 Å². The van der Waals surface area contributed by atoms with Gasteiger partial charge in [-0.25, -0.2) is 0 Å². The zero-order valence-corrected chi connectivity index (χ0v) is 16.2. The fourth-order valence-electron chi connectivity index (χ4n) is 4.21. The van der Waals surface area contributed by atoms with Crippen LogP contribution in [0.4, 0.5) is 0 Å². The Morgan fingerprint density at radius 1 is 1.32 bits per heavy atom. The van der Waals surface area contributed by atoms with E-state index in [4.69, 9.17) is 9.47 Å². The van der Waals surface area contributed by atoms with Crippen molar-refractivity contribution in [3.63, 3.8) is 0 Å². The topological polar surface area (TPSA) is 67.8 Å². The normalized spacial score (nSPS) is 23.5. The van der Waals surface area contributed by atoms with Gasteiger partial charge in [0.25, 0.3) is 5.91 Å².